The Morgan fingerprint density at radius 3 is 2.32 bits per heavy atom. The Morgan fingerprint density at radius 1 is 1.32 bits per heavy atom. The number of amides is 2. The van der Waals surface area contributed by atoms with E-state index in [0.29, 0.717) is 0 Å². The molecule has 4 N–H and O–H groups in total. The van der Waals surface area contributed by atoms with Crippen molar-refractivity contribution in [2.24, 2.45) is 17.4 Å². The summed E-state index contributed by atoms with van der Waals surface area (Å²) in [5.41, 5.74) is 10.8. The number of nitrogens with two attached hydrogens (primary N) is 2. The maximum atomic E-state index is 11.8. The zero-order chi connectivity index (χ0) is 14.8. The average molecular weight is 366 g/mol. The van der Waals surface area contributed by atoms with Gasteiger partial charge in [-0.1, -0.05) is 35.4 Å². The molecule has 0 aliphatic heterocycles. The third kappa shape index (κ3) is 3.64. The Kier molecular flexibility index (Phi) is 5.72. The van der Waals surface area contributed by atoms with Crippen LogP contribution in [0.3, 0.4) is 0 Å². The summed E-state index contributed by atoms with van der Waals surface area (Å²) in [5, 5.41) is 0. The van der Waals surface area contributed by atoms with Crippen LogP contribution in [0.4, 0.5) is 0 Å². The summed E-state index contributed by atoms with van der Waals surface area (Å²) in [6.07, 6.45) is 3.94. The molecule has 108 valence electrons. The number of hydrogen-bond acceptors (Lipinski definition) is 3. The van der Waals surface area contributed by atoms with Crippen molar-refractivity contribution in [1.29, 1.82) is 0 Å². The van der Waals surface area contributed by atoms with Crippen molar-refractivity contribution >= 4 is 70.0 Å². The van der Waals surface area contributed by atoms with Crippen molar-refractivity contribution < 1.29 is 9.59 Å². The number of carbonyl (C=O) groups is 2. The van der Waals surface area contributed by atoms with Crippen molar-refractivity contribution in [3.8, 4) is 0 Å². The van der Waals surface area contributed by atoms with Crippen LogP contribution >= 0.6 is 58.2 Å². The quantitative estimate of drug-likeness (QED) is 0.579. The van der Waals surface area contributed by atoms with E-state index in [4.69, 9.17) is 57.9 Å². The number of halogens is 4. The summed E-state index contributed by atoms with van der Waals surface area (Å²) >= 11 is 24.1. The molecule has 19 heavy (non-hydrogen) atoms. The summed E-state index contributed by atoms with van der Waals surface area (Å²) < 4.78 is -3.04. The Morgan fingerprint density at radius 2 is 1.89 bits per heavy atom. The summed E-state index contributed by atoms with van der Waals surface area (Å²) in [4.78, 5) is 22.2. The van der Waals surface area contributed by atoms with Gasteiger partial charge in [0.2, 0.25) is 11.8 Å². The van der Waals surface area contributed by atoms with Crippen LogP contribution in [0.1, 0.15) is 12.8 Å². The van der Waals surface area contributed by atoms with Crippen molar-refractivity contribution in [2.45, 2.75) is 26.1 Å². The molecule has 2 atom stereocenters. The number of hydrogen-bond donors (Lipinski definition) is 2. The van der Waals surface area contributed by atoms with Gasteiger partial charge in [0.05, 0.1) is 5.92 Å². The van der Waals surface area contributed by atoms with Crippen molar-refractivity contribution in [3.63, 3.8) is 0 Å². The van der Waals surface area contributed by atoms with Crippen molar-refractivity contribution in [3.05, 3.63) is 12.2 Å². The van der Waals surface area contributed by atoms with E-state index in [1.807, 2.05) is 0 Å². The van der Waals surface area contributed by atoms with Crippen LogP contribution in [0.15, 0.2) is 12.2 Å². The van der Waals surface area contributed by atoms with Gasteiger partial charge in [0.1, 0.15) is 9.58 Å². The molecule has 1 aliphatic rings. The first kappa shape index (κ1) is 17.2. The average Bonchev–Trinajstić information content (AvgIpc) is 2.28. The minimum Gasteiger partial charge on any atom is -0.369 e. The molecule has 0 spiro atoms. The number of alkyl halides is 4. The van der Waals surface area contributed by atoms with E-state index in [2.05, 4.69) is 0 Å². The molecule has 0 unspecified atom stereocenters. The summed E-state index contributed by atoms with van der Waals surface area (Å²) in [6.45, 7) is 0. The van der Waals surface area contributed by atoms with Gasteiger partial charge in [-0.3, -0.25) is 9.59 Å². The lowest BCUT2D eigenvalue weighted by Gasteiger charge is -2.40. The number of primary amides is 2. The smallest absolute Gasteiger partial charge is 0.234 e. The van der Waals surface area contributed by atoms with Gasteiger partial charge in [0, 0.05) is 0 Å². The third-order valence-corrected chi connectivity index (χ3v) is 6.64. The molecule has 0 aromatic rings. The molecule has 0 saturated carbocycles. The van der Waals surface area contributed by atoms with E-state index in [0.717, 1.165) is 11.8 Å². The van der Waals surface area contributed by atoms with Gasteiger partial charge in [-0.15, -0.1) is 35.0 Å². The molecule has 1 rings (SSSR count). The third-order valence-electron chi connectivity index (χ3n) is 2.86. The minimum atomic E-state index is -1.68. The molecule has 0 bridgehead atoms. The lowest BCUT2D eigenvalue weighted by atomic mass is 9.81. The zero-order valence-electron chi connectivity index (χ0n) is 9.61. The van der Waals surface area contributed by atoms with Gasteiger partial charge in [0.15, 0.2) is 3.67 Å². The Labute approximate surface area is 135 Å². The zero-order valence-corrected chi connectivity index (χ0v) is 13.5. The van der Waals surface area contributed by atoms with Crippen molar-refractivity contribution in [1.82, 2.24) is 0 Å². The van der Waals surface area contributed by atoms with Crippen LogP contribution in [0.2, 0.25) is 0 Å². The van der Waals surface area contributed by atoms with E-state index in [-0.39, 0.29) is 12.8 Å². The molecule has 0 heterocycles. The first-order chi connectivity index (χ1) is 8.63. The molecule has 0 aromatic heterocycles. The Hall–Kier alpha value is 0.190. The summed E-state index contributed by atoms with van der Waals surface area (Å²) in [6, 6.07) is 0. The maximum absolute atomic E-state index is 11.8. The standard InChI is InChI=1S/C10H12Cl4N2O2S/c11-7(12)10(13,14)19-9(8(16)18)4-2-1-3-5(9)6(15)17/h1-2,5,7H,3-4H2,(H2,15,17)(H2,16,18)/t5-,9+/m1/s1. The van der Waals surface area contributed by atoms with Gasteiger partial charge < -0.3 is 11.5 Å². The first-order valence-corrected chi connectivity index (χ1v) is 7.68. The molecule has 0 aromatic carbocycles. The highest BCUT2D eigenvalue weighted by Gasteiger charge is 2.53. The van der Waals surface area contributed by atoms with Gasteiger partial charge in [-0.05, 0) is 12.8 Å². The fourth-order valence-electron chi connectivity index (χ4n) is 1.89. The largest absolute Gasteiger partial charge is 0.369 e. The molecule has 0 saturated heterocycles. The van der Waals surface area contributed by atoms with Crippen LogP contribution in [-0.4, -0.2) is 25.1 Å². The summed E-state index contributed by atoms with van der Waals surface area (Å²) in [7, 11) is 0. The lowest BCUT2D eigenvalue weighted by Crippen LogP contribution is -2.54. The second kappa shape index (κ2) is 6.31. The van der Waals surface area contributed by atoms with E-state index in [9.17, 15) is 9.59 Å². The molecule has 9 heteroatoms. The number of carbonyl (C=O) groups excluding carboxylic acids is 2. The second-order valence-electron chi connectivity index (χ2n) is 4.08. The Balaban J connectivity index is 3.19. The molecule has 1 aliphatic carbocycles. The van der Waals surface area contributed by atoms with E-state index in [1.54, 1.807) is 12.2 Å². The Bertz CT molecular complexity index is 416. The SMILES string of the molecule is NC(=O)[C@H]1CC=CC[C@@]1(SC(Cl)(Cl)C(Cl)Cl)C(N)=O. The maximum Gasteiger partial charge on any atom is 0.234 e. The van der Waals surface area contributed by atoms with E-state index in [1.165, 1.54) is 0 Å². The van der Waals surface area contributed by atoms with Gasteiger partial charge in [0.25, 0.3) is 0 Å². The highest BCUT2D eigenvalue weighted by molar-refractivity contribution is 8.05. The van der Waals surface area contributed by atoms with Gasteiger partial charge >= 0.3 is 0 Å². The van der Waals surface area contributed by atoms with Gasteiger partial charge in [-0.25, -0.2) is 0 Å². The van der Waals surface area contributed by atoms with Crippen LogP contribution in [-0.2, 0) is 9.59 Å². The van der Waals surface area contributed by atoms with E-state index < -0.39 is 31.0 Å². The van der Waals surface area contributed by atoms with Crippen LogP contribution in [0.5, 0.6) is 0 Å². The van der Waals surface area contributed by atoms with Crippen LogP contribution < -0.4 is 11.5 Å². The van der Waals surface area contributed by atoms with Crippen LogP contribution in [0.25, 0.3) is 0 Å². The normalized spacial score (nSPS) is 27.5. The topological polar surface area (TPSA) is 86.2 Å². The highest BCUT2D eigenvalue weighted by Crippen LogP contribution is 2.54. The number of allylic oxidation sites excluding steroid dienone is 2. The first-order valence-electron chi connectivity index (χ1n) is 5.24. The molecular formula is C10H12Cl4N2O2S. The van der Waals surface area contributed by atoms with Crippen molar-refractivity contribution in [2.75, 3.05) is 0 Å². The van der Waals surface area contributed by atoms with Gasteiger partial charge in [-0.2, -0.15) is 0 Å². The lowest BCUT2D eigenvalue weighted by molar-refractivity contribution is -0.129. The molecule has 4 nitrogen and oxygen atoms in total. The number of rotatable bonds is 5. The fourth-order valence-corrected chi connectivity index (χ4v) is 4.19. The van der Waals surface area contributed by atoms with E-state index >= 15 is 0 Å². The predicted octanol–water partition coefficient (Wildman–Crippen LogP) is 2.33. The summed E-state index contributed by atoms with van der Waals surface area (Å²) in [5.74, 6) is -2.20. The fraction of sp³-hybridized carbons (Fsp3) is 0.600. The molecule has 0 fully saturated rings. The van der Waals surface area contributed by atoms with Crippen LogP contribution in [0, 0.1) is 5.92 Å². The molecular weight excluding hydrogens is 354 g/mol. The molecule has 0 radical (unpaired) electrons. The highest BCUT2D eigenvalue weighted by atomic mass is 35.5. The predicted molar refractivity (Wildman–Crippen MR) is 80.5 cm³/mol. The minimum absolute atomic E-state index is 0.183. The monoisotopic (exact) mass is 364 g/mol. The molecule has 2 amide bonds. The number of thioether (sulfide) groups is 1. The second-order valence-corrected chi connectivity index (χ2v) is 8.59.